The van der Waals surface area contributed by atoms with Crippen molar-refractivity contribution in [2.45, 2.75) is 39.2 Å². The van der Waals surface area contributed by atoms with E-state index in [1.807, 2.05) is 43.3 Å². The second kappa shape index (κ2) is 10.8. The van der Waals surface area contributed by atoms with Crippen LogP contribution in [0.25, 0.3) is 22.4 Å². The summed E-state index contributed by atoms with van der Waals surface area (Å²) in [6.45, 7) is 3.10. The standard InChI is InChI=1S/C27H31FN2O4/c1-18-26(22-12-23(28)14-24(13-22)33-2)27(21-6-4-3-5-7-21)29-30(18)15-19-8-10-20(11-9-19)16-34-17-25(31)32/h3-7,12-14,19-20H,8-11,15-17H2,1-2H3,(H,31,32)/t19-,20+. The predicted octanol–water partition coefficient (Wildman–Crippen LogP) is 5.58. The average molecular weight is 467 g/mol. The summed E-state index contributed by atoms with van der Waals surface area (Å²) < 4.78 is 27.0. The van der Waals surface area contributed by atoms with E-state index < -0.39 is 5.97 Å². The lowest BCUT2D eigenvalue weighted by Gasteiger charge is -2.28. The molecule has 6 nitrogen and oxygen atoms in total. The summed E-state index contributed by atoms with van der Waals surface area (Å²) in [6.07, 6.45) is 4.13. The zero-order valence-corrected chi connectivity index (χ0v) is 19.7. The number of methoxy groups -OCH3 is 1. The Bertz CT molecular complexity index is 1120. The topological polar surface area (TPSA) is 73.6 Å². The van der Waals surface area contributed by atoms with Crippen molar-refractivity contribution in [2.24, 2.45) is 11.8 Å². The van der Waals surface area contributed by atoms with Crippen molar-refractivity contribution < 1.29 is 23.8 Å². The third-order valence-corrected chi connectivity index (χ3v) is 6.63. The molecule has 4 rings (SSSR count). The normalized spacial score (nSPS) is 18.1. The largest absolute Gasteiger partial charge is 0.497 e. The smallest absolute Gasteiger partial charge is 0.329 e. The van der Waals surface area contributed by atoms with Gasteiger partial charge < -0.3 is 14.6 Å². The Morgan fingerprint density at radius 2 is 1.79 bits per heavy atom. The molecule has 2 aromatic carbocycles. The number of aliphatic carboxylic acids is 1. The van der Waals surface area contributed by atoms with Crippen LogP contribution in [0.15, 0.2) is 48.5 Å². The van der Waals surface area contributed by atoms with Crippen molar-refractivity contribution in [1.29, 1.82) is 0 Å². The number of rotatable bonds is 9. The molecule has 1 N–H and O–H groups in total. The van der Waals surface area contributed by atoms with Crippen LogP contribution in [0, 0.1) is 24.6 Å². The van der Waals surface area contributed by atoms with Gasteiger partial charge in [0.25, 0.3) is 0 Å². The second-order valence-electron chi connectivity index (χ2n) is 9.03. The first kappa shape index (κ1) is 24.0. The molecule has 1 aromatic heterocycles. The first-order chi connectivity index (χ1) is 16.4. The van der Waals surface area contributed by atoms with E-state index in [1.165, 1.54) is 19.2 Å². The van der Waals surface area contributed by atoms with E-state index in [1.54, 1.807) is 0 Å². The molecule has 0 unspecified atom stereocenters. The molecule has 1 aliphatic carbocycles. The van der Waals surface area contributed by atoms with Crippen LogP contribution < -0.4 is 4.74 Å². The van der Waals surface area contributed by atoms with Crippen LogP contribution in [0.2, 0.25) is 0 Å². The quantitative estimate of drug-likeness (QED) is 0.446. The molecule has 1 heterocycles. The molecule has 0 amide bonds. The van der Waals surface area contributed by atoms with Crippen molar-refractivity contribution in [3.63, 3.8) is 0 Å². The number of halogens is 1. The van der Waals surface area contributed by atoms with Gasteiger partial charge in [0.05, 0.1) is 13.7 Å². The number of hydrogen-bond acceptors (Lipinski definition) is 4. The van der Waals surface area contributed by atoms with E-state index in [4.69, 9.17) is 19.7 Å². The molecule has 0 bridgehead atoms. The number of aromatic nitrogens is 2. The molecule has 0 atom stereocenters. The highest BCUT2D eigenvalue weighted by Gasteiger charge is 2.25. The molecule has 1 fully saturated rings. The van der Waals surface area contributed by atoms with Gasteiger partial charge in [-0.05, 0) is 62.1 Å². The highest BCUT2D eigenvalue weighted by Crippen LogP contribution is 2.37. The Morgan fingerprint density at radius 1 is 1.09 bits per heavy atom. The molecule has 34 heavy (non-hydrogen) atoms. The molecular weight excluding hydrogens is 435 g/mol. The maximum Gasteiger partial charge on any atom is 0.329 e. The van der Waals surface area contributed by atoms with Gasteiger partial charge in [0.15, 0.2) is 0 Å². The van der Waals surface area contributed by atoms with E-state index in [2.05, 4.69) is 4.68 Å². The van der Waals surface area contributed by atoms with Crippen LogP contribution in [0.3, 0.4) is 0 Å². The molecule has 1 saturated carbocycles. The fourth-order valence-corrected chi connectivity index (χ4v) is 4.83. The van der Waals surface area contributed by atoms with Crippen LogP contribution in [-0.4, -0.2) is 41.2 Å². The second-order valence-corrected chi connectivity index (χ2v) is 9.03. The van der Waals surface area contributed by atoms with Crippen molar-refractivity contribution in [2.75, 3.05) is 20.3 Å². The van der Waals surface area contributed by atoms with Gasteiger partial charge in [0.1, 0.15) is 23.9 Å². The van der Waals surface area contributed by atoms with E-state index in [0.29, 0.717) is 24.2 Å². The highest BCUT2D eigenvalue weighted by molar-refractivity contribution is 5.83. The monoisotopic (exact) mass is 466 g/mol. The van der Waals surface area contributed by atoms with Gasteiger partial charge in [0, 0.05) is 29.4 Å². The van der Waals surface area contributed by atoms with Gasteiger partial charge in [-0.15, -0.1) is 0 Å². The van der Waals surface area contributed by atoms with Gasteiger partial charge in [-0.25, -0.2) is 9.18 Å². The van der Waals surface area contributed by atoms with E-state index in [9.17, 15) is 9.18 Å². The summed E-state index contributed by atoms with van der Waals surface area (Å²) >= 11 is 0. The van der Waals surface area contributed by atoms with Gasteiger partial charge in [0.2, 0.25) is 0 Å². The summed E-state index contributed by atoms with van der Waals surface area (Å²) in [5.41, 5.74) is 4.49. The molecule has 3 aromatic rings. The number of carbonyl (C=O) groups is 1. The Morgan fingerprint density at radius 3 is 2.47 bits per heavy atom. The van der Waals surface area contributed by atoms with Gasteiger partial charge in [-0.1, -0.05) is 30.3 Å². The van der Waals surface area contributed by atoms with Crippen LogP contribution in [0.1, 0.15) is 31.4 Å². The summed E-state index contributed by atoms with van der Waals surface area (Å²) in [4.78, 5) is 10.7. The first-order valence-corrected chi connectivity index (χ1v) is 11.7. The Labute approximate surface area is 199 Å². The van der Waals surface area contributed by atoms with E-state index >= 15 is 0 Å². The van der Waals surface area contributed by atoms with E-state index in [-0.39, 0.29) is 12.4 Å². The zero-order chi connectivity index (χ0) is 24.1. The summed E-state index contributed by atoms with van der Waals surface area (Å²) in [5.74, 6) is 0.0923. The lowest BCUT2D eigenvalue weighted by molar-refractivity contribution is -0.142. The first-order valence-electron chi connectivity index (χ1n) is 11.7. The Kier molecular flexibility index (Phi) is 7.63. The van der Waals surface area contributed by atoms with Gasteiger partial charge in [-0.2, -0.15) is 5.10 Å². The maximum absolute atomic E-state index is 14.4. The summed E-state index contributed by atoms with van der Waals surface area (Å²) in [7, 11) is 1.54. The summed E-state index contributed by atoms with van der Waals surface area (Å²) in [5, 5.41) is 13.7. The lowest BCUT2D eigenvalue weighted by atomic mass is 9.82. The average Bonchev–Trinajstić information content (AvgIpc) is 3.16. The van der Waals surface area contributed by atoms with Crippen molar-refractivity contribution in [3.05, 3.63) is 60.0 Å². The Balaban J connectivity index is 1.57. The minimum Gasteiger partial charge on any atom is -0.497 e. The van der Waals surface area contributed by atoms with Crippen molar-refractivity contribution in [1.82, 2.24) is 9.78 Å². The zero-order valence-electron chi connectivity index (χ0n) is 19.7. The molecule has 0 aliphatic heterocycles. The van der Waals surface area contributed by atoms with Crippen LogP contribution in [-0.2, 0) is 16.1 Å². The van der Waals surface area contributed by atoms with Crippen molar-refractivity contribution >= 4 is 5.97 Å². The molecule has 7 heteroatoms. The maximum atomic E-state index is 14.4. The molecule has 1 aliphatic rings. The van der Waals surface area contributed by atoms with Crippen LogP contribution in [0.5, 0.6) is 5.75 Å². The number of carboxylic acids is 1. The number of carboxylic acid groups (broad SMARTS) is 1. The Hall–Kier alpha value is -3.19. The third-order valence-electron chi connectivity index (χ3n) is 6.63. The number of benzene rings is 2. The fourth-order valence-electron chi connectivity index (χ4n) is 4.83. The predicted molar refractivity (Wildman–Crippen MR) is 128 cm³/mol. The fraction of sp³-hybridized carbons (Fsp3) is 0.407. The van der Waals surface area contributed by atoms with Crippen LogP contribution >= 0.6 is 0 Å². The minimum atomic E-state index is -0.927. The lowest BCUT2D eigenvalue weighted by Crippen LogP contribution is -2.23. The third kappa shape index (κ3) is 5.65. The van der Waals surface area contributed by atoms with Gasteiger partial charge in [-0.3, -0.25) is 4.68 Å². The van der Waals surface area contributed by atoms with Gasteiger partial charge >= 0.3 is 5.97 Å². The number of hydrogen-bond donors (Lipinski definition) is 1. The van der Waals surface area contributed by atoms with Crippen molar-refractivity contribution in [3.8, 4) is 28.1 Å². The minimum absolute atomic E-state index is 0.234. The SMILES string of the molecule is COc1cc(F)cc(-c2c(-c3ccccc3)nn(C[C@H]3CC[C@@H](COCC(=O)O)CC3)c2C)c1. The number of ether oxygens (including phenoxy) is 2. The molecule has 0 spiro atoms. The van der Waals surface area contributed by atoms with E-state index in [0.717, 1.165) is 60.3 Å². The molecular formula is C27H31FN2O4. The molecule has 0 radical (unpaired) electrons. The highest BCUT2D eigenvalue weighted by atomic mass is 19.1. The number of nitrogens with zero attached hydrogens (tertiary/aromatic N) is 2. The molecule has 180 valence electrons. The van der Waals surface area contributed by atoms with Crippen LogP contribution in [0.4, 0.5) is 4.39 Å². The molecule has 0 saturated heterocycles. The summed E-state index contributed by atoms with van der Waals surface area (Å²) in [6, 6.07) is 14.7.